The zero-order valence-electron chi connectivity index (χ0n) is 13.2. The number of benzene rings is 2. The van der Waals surface area contributed by atoms with Crippen LogP contribution in [0.5, 0.6) is 11.5 Å². The molecular weight excluding hydrogens is 292 g/mol. The lowest BCUT2D eigenvalue weighted by Crippen LogP contribution is -2.38. The molecule has 5 nitrogen and oxygen atoms in total. The maximum Gasteiger partial charge on any atom is 0.317 e. The molecule has 2 aromatic carbocycles. The predicted octanol–water partition coefficient (Wildman–Crippen LogP) is 2.83. The number of aryl methyl sites for hydroxylation is 1. The molecule has 122 valence electrons. The molecule has 0 radical (unpaired) electrons. The van der Waals surface area contributed by atoms with Crippen LogP contribution in [-0.4, -0.2) is 24.4 Å². The highest BCUT2D eigenvalue weighted by Crippen LogP contribution is 2.17. The van der Waals surface area contributed by atoms with Crippen molar-refractivity contribution in [1.82, 2.24) is 10.6 Å². The van der Waals surface area contributed by atoms with Gasteiger partial charge in [0, 0.05) is 6.54 Å². The van der Waals surface area contributed by atoms with Crippen LogP contribution in [0.1, 0.15) is 18.1 Å². The van der Waals surface area contributed by atoms with Gasteiger partial charge < -0.3 is 20.5 Å². The van der Waals surface area contributed by atoms with E-state index in [1.165, 1.54) is 0 Å². The number of rotatable bonds is 7. The van der Waals surface area contributed by atoms with E-state index in [2.05, 4.69) is 17.6 Å². The molecule has 0 fully saturated rings. The first-order valence-electron chi connectivity index (χ1n) is 7.69. The summed E-state index contributed by atoms with van der Waals surface area (Å²) in [5, 5.41) is 14.6. The molecule has 2 amide bonds. The Kier molecular flexibility index (Phi) is 6.29. The molecular formula is C18H22N2O3. The Morgan fingerprint density at radius 2 is 1.83 bits per heavy atom. The second kappa shape index (κ2) is 8.68. The van der Waals surface area contributed by atoms with Crippen molar-refractivity contribution >= 4 is 6.03 Å². The van der Waals surface area contributed by atoms with E-state index >= 15 is 0 Å². The molecule has 0 bridgehead atoms. The summed E-state index contributed by atoms with van der Waals surface area (Å²) >= 11 is 0. The van der Waals surface area contributed by atoms with Crippen LogP contribution in [0.2, 0.25) is 0 Å². The van der Waals surface area contributed by atoms with Gasteiger partial charge in [-0.1, -0.05) is 37.3 Å². The second-order valence-corrected chi connectivity index (χ2v) is 5.10. The van der Waals surface area contributed by atoms with Gasteiger partial charge in [0.05, 0.1) is 0 Å². The molecule has 0 aliphatic heterocycles. The van der Waals surface area contributed by atoms with Gasteiger partial charge in [-0.05, 0) is 42.2 Å². The van der Waals surface area contributed by atoms with Gasteiger partial charge in [-0.25, -0.2) is 4.79 Å². The van der Waals surface area contributed by atoms with Crippen molar-refractivity contribution < 1.29 is 14.6 Å². The Morgan fingerprint density at radius 1 is 1.09 bits per heavy atom. The van der Waals surface area contributed by atoms with Gasteiger partial charge in [-0.15, -0.1) is 0 Å². The molecule has 3 N–H and O–H groups in total. The molecule has 0 atom stereocenters. The maximum absolute atomic E-state index is 11.7. The SMILES string of the molecule is CCc1ccccc1OCNC(=O)NCCc1ccc(O)cc1. The van der Waals surface area contributed by atoms with Crippen molar-refractivity contribution in [3.8, 4) is 11.5 Å². The largest absolute Gasteiger partial charge is 0.508 e. The number of phenols is 1. The lowest BCUT2D eigenvalue weighted by molar-refractivity contribution is 0.223. The lowest BCUT2D eigenvalue weighted by Gasteiger charge is -2.11. The fraction of sp³-hybridized carbons (Fsp3) is 0.278. The van der Waals surface area contributed by atoms with E-state index in [9.17, 15) is 9.90 Å². The van der Waals surface area contributed by atoms with E-state index in [-0.39, 0.29) is 18.5 Å². The Bertz CT molecular complexity index is 626. The minimum absolute atomic E-state index is 0.127. The molecule has 0 saturated carbocycles. The van der Waals surface area contributed by atoms with E-state index in [0.717, 1.165) is 23.3 Å². The number of aromatic hydroxyl groups is 1. The Morgan fingerprint density at radius 3 is 2.57 bits per heavy atom. The Labute approximate surface area is 136 Å². The summed E-state index contributed by atoms with van der Waals surface area (Å²) in [6.45, 7) is 2.70. The summed E-state index contributed by atoms with van der Waals surface area (Å²) in [7, 11) is 0. The van der Waals surface area contributed by atoms with Gasteiger partial charge in [0.2, 0.25) is 0 Å². The number of amides is 2. The highest BCUT2D eigenvalue weighted by atomic mass is 16.5. The summed E-state index contributed by atoms with van der Waals surface area (Å²) in [6, 6.07) is 14.4. The molecule has 2 rings (SSSR count). The van der Waals surface area contributed by atoms with Crippen molar-refractivity contribution in [3.63, 3.8) is 0 Å². The summed E-state index contributed by atoms with van der Waals surface area (Å²) in [6.07, 6.45) is 1.59. The Hall–Kier alpha value is -2.69. The maximum atomic E-state index is 11.7. The number of carbonyl (C=O) groups is 1. The molecule has 0 saturated heterocycles. The lowest BCUT2D eigenvalue weighted by atomic mass is 10.1. The number of hydrogen-bond donors (Lipinski definition) is 3. The van der Waals surface area contributed by atoms with Crippen LogP contribution in [0, 0.1) is 0 Å². The number of para-hydroxylation sites is 1. The van der Waals surface area contributed by atoms with Gasteiger partial charge in [0.25, 0.3) is 0 Å². The third-order valence-electron chi connectivity index (χ3n) is 3.45. The molecule has 5 heteroatoms. The summed E-state index contributed by atoms with van der Waals surface area (Å²) in [5.74, 6) is 1.03. The predicted molar refractivity (Wildman–Crippen MR) is 89.7 cm³/mol. The first kappa shape index (κ1) is 16.7. The zero-order chi connectivity index (χ0) is 16.5. The summed E-state index contributed by atoms with van der Waals surface area (Å²) < 4.78 is 5.58. The molecule has 23 heavy (non-hydrogen) atoms. The highest BCUT2D eigenvalue weighted by molar-refractivity contribution is 5.73. The number of carbonyl (C=O) groups excluding carboxylic acids is 1. The van der Waals surface area contributed by atoms with E-state index in [4.69, 9.17) is 4.74 Å². The average molecular weight is 314 g/mol. The normalized spacial score (nSPS) is 10.1. The van der Waals surface area contributed by atoms with Crippen molar-refractivity contribution in [3.05, 3.63) is 59.7 Å². The third kappa shape index (κ3) is 5.54. The minimum atomic E-state index is -0.266. The van der Waals surface area contributed by atoms with Crippen molar-refractivity contribution in [2.75, 3.05) is 13.3 Å². The standard InChI is InChI=1S/C18H22N2O3/c1-2-15-5-3-4-6-17(15)23-13-20-18(22)19-12-11-14-7-9-16(21)10-8-14/h3-10,21H,2,11-13H2,1H3,(H2,19,20,22). The number of ether oxygens (including phenoxy) is 1. The van der Waals surface area contributed by atoms with Gasteiger partial charge >= 0.3 is 6.03 Å². The topological polar surface area (TPSA) is 70.6 Å². The number of nitrogens with one attached hydrogen (secondary N) is 2. The Balaban J connectivity index is 1.66. The van der Waals surface area contributed by atoms with Crippen molar-refractivity contribution in [2.24, 2.45) is 0 Å². The van der Waals surface area contributed by atoms with Crippen LogP contribution in [0.25, 0.3) is 0 Å². The van der Waals surface area contributed by atoms with Gasteiger partial charge in [0.1, 0.15) is 11.5 Å². The molecule has 0 aliphatic rings. The van der Waals surface area contributed by atoms with Crippen LogP contribution < -0.4 is 15.4 Å². The zero-order valence-corrected chi connectivity index (χ0v) is 13.2. The third-order valence-corrected chi connectivity index (χ3v) is 3.45. The molecule has 0 unspecified atom stereocenters. The first-order chi connectivity index (χ1) is 11.2. The van der Waals surface area contributed by atoms with Gasteiger partial charge in [0.15, 0.2) is 6.73 Å². The van der Waals surface area contributed by atoms with Crippen molar-refractivity contribution in [2.45, 2.75) is 19.8 Å². The van der Waals surface area contributed by atoms with Crippen molar-refractivity contribution in [1.29, 1.82) is 0 Å². The molecule has 0 aromatic heterocycles. The fourth-order valence-corrected chi connectivity index (χ4v) is 2.16. The van der Waals surface area contributed by atoms with E-state index in [1.54, 1.807) is 12.1 Å². The quantitative estimate of drug-likeness (QED) is 0.688. The fourth-order valence-electron chi connectivity index (χ4n) is 2.16. The summed E-state index contributed by atoms with van der Waals surface area (Å²) in [5.41, 5.74) is 2.17. The van der Waals surface area contributed by atoms with E-state index in [1.807, 2.05) is 36.4 Å². The molecule has 0 heterocycles. The molecule has 2 aromatic rings. The second-order valence-electron chi connectivity index (χ2n) is 5.10. The monoisotopic (exact) mass is 314 g/mol. The highest BCUT2D eigenvalue weighted by Gasteiger charge is 2.03. The molecule has 0 spiro atoms. The average Bonchev–Trinajstić information content (AvgIpc) is 2.57. The van der Waals surface area contributed by atoms with Gasteiger partial charge in [-0.3, -0.25) is 0 Å². The summed E-state index contributed by atoms with van der Waals surface area (Å²) in [4.78, 5) is 11.7. The van der Waals surface area contributed by atoms with E-state index < -0.39 is 0 Å². The number of phenolic OH excluding ortho intramolecular Hbond substituents is 1. The first-order valence-corrected chi connectivity index (χ1v) is 7.69. The number of hydrogen-bond acceptors (Lipinski definition) is 3. The molecule has 0 aliphatic carbocycles. The minimum Gasteiger partial charge on any atom is -0.508 e. The van der Waals surface area contributed by atoms with Crippen LogP contribution in [0.15, 0.2) is 48.5 Å². The van der Waals surface area contributed by atoms with Crippen LogP contribution >= 0.6 is 0 Å². The van der Waals surface area contributed by atoms with Crippen LogP contribution in [0.3, 0.4) is 0 Å². The van der Waals surface area contributed by atoms with E-state index in [0.29, 0.717) is 13.0 Å². The van der Waals surface area contributed by atoms with Crippen LogP contribution in [0.4, 0.5) is 4.79 Å². The van der Waals surface area contributed by atoms with Gasteiger partial charge in [-0.2, -0.15) is 0 Å². The van der Waals surface area contributed by atoms with Crippen LogP contribution in [-0.2, 0) is 12.8 Å². The number of urea groups is 1. The smallest absolute Gasteiger partial charge is 0.317 e.